The van der Waals surface area contributed by atoms with Gasteiger partial charge in [0, 0.05) is 17.5 Å². The molecule has 0 atom stereocenters. The summed E-state index contributed by atoms with van der Waals surface area (Å²) in [6, 6.07) is 22.0. The van der Waals surface area contributed by atoms with Crippen LogP contribution in [0.1, 0.15) is 47.2 Å². The number of benzene rings is 3. The molecule has 1 saturated carbocycles. The molecule has 8 heteroatoms. The fourth-order valence-electron chi connectivity index (χ4n) is 5.27. The van der Waals surface area contributed by atoms with Crippen molar-refractivity contribution in [3.63, 3.8) is 0 Å². The van der Waals surface area contributed by atoms with Crippen LogP contribution in [-0.4, -0.2) is 40.3 Å². The van der Waals surface area contributed by atoms with E-state index in [2.05, 4.69) is 11.1 Å². The molecule has 8 nitrogen and oxygen atoms in total. The van der Waals surface area contributed by atoms with E-state index in [-0.39, 0.29) is 30.0 Å². The fourth-order valence-corrected chi connectivity index (χ4v) is 5.27. The van der Waals surface area contributed by atoms with Gasteiger partial charge in [0.15, 0.2) is 0 Å². The standard InChI is InChI=1S/C32H29N3O5/c1-40-29-13-9-23(16-26(29)18-33)21-4-2-20(3-5-21)19-35(31(37)22-6-10-27(36)11-7-22)30-28-12-8-25(32(38)39)17-24(28)14-15-34-30/h2-5,8-9,12-17,22,27,36H,6-7,10-11,19H2,1H3,(H,38,39). The molecule has 0 aliphatic heterocycles. The summed E-state index contributed by atoms with van der Waals surface area (Å²) in [5.74, 6) is -0.324. The van der Waals surface area contributed by atoms with Crippen LogP contribution < -0.4 is 9.64 Å². The summed E-state index contributed by atoms with van der Waals surface area (Å²) in [5, 5.41) is 30.2. The van der Waals surface area contributed by atoms with Crippen molar-refractivity contribution in [2.24, 2.45) is 5.92 Å². The van der Waals surface area contributed by atoms with Crippen LogP contribution in [0.5, 0.6) is 5.75 Å². The first-order valence-electron chi connectivity index (χ1n) is 13.2. The maximum Gasteiger partial charge on any atom is 0.335 e. The number of anilines is 1. The van der Waals surface area contributed by atoms with Gasteiger partial charge in [0.05, 0.1) is 30.9 Å². The number of aromatic carboxylic acids is 1. The summed E-state index contributed by atoms with van der Waals surface area (Å²) in [6.45, 7) is 0.275. The Labute approximate surface area is 232 Å². The van der Waals surface area contributed by atoms with Gasteiger partial charge in [-0.1, -0.05) is 30.3 Å². The van der Waals surface area contributed by atoms with Gasteiger partial charge in [-0.25, -0.2) is 9.78 Å². The van der Waals surface area contributed by atoms with Gasteiger partial charge in [0.1, 0.15) is 17.6 Å². The van der Waals surface area contributed by atoms with Gasteiger partial charge in [-0.15, -0.1) is 0 Å². The first-order valence-corrected chi connectivity index (χ1v) is 13.2. The van der Waals surface area contributed by atoms with E-state index in [4.69, 9.17) is 4.74 Å². The van der Waals surface area contributed by atoms with Crippen LogP contribution in [-0.2, 0) is 11.3 Å². The van der Waals surface area contributed by atoms with Gasteiger partial charge < -0.3 is 14.9 Å². The van der Waals surface area contributed by atoms with Gasteiger partial charge in [-0.05, 0) is 84.2 Å². The molecule has 1 heterocycles. The van der Waals surface area contributed by atoms with Crippen molar-refractivity contribution in [2.45, 2.75) is 38.3 Å². The van der Waals surface area contributed by atoms with E-state index in [1.54, 1.807) is 41.4 Å². The number of carbonyl (C=O) groups excluding carboxylic acids is 1. The quantitative estimate of drug-likeness (QED) is 0.317. The first-order chi connectivity index (χ1) is 19.4. The van der Waals surface area contributed by atoms with E-state index in [1.807, 2.05) is 30.3 Å². The summed E-state index contributed by atoms with van der Waals surface area (Å²) in [7, 11) is 1.53. The predicted octanol–water partition coefficient (Wildman–Crippen LogP) is 5.56. The third kappa shape index (κ3) is 5.51. The summed E-state index contributed by atoms with van der Waals surface area (Å²) >= 11 is 0. The average Bonchev–Trinajstić information content (AvgIpc) is 2.99. The lowest BCUT2D eigenvalue weighted by atomic mass is 9.86. The molecule has 0 bridgehead atoms. The van der Waals surface area contributed by atoms with Crippen LogP contribution in [0.15, 0.2) is 72.9 Å². The van der Waals surface area contributed by atoms with E-state index < -0.39 is 5.97 Å². The number of pyridine rings is 1. The second-order valence-electron chi connectivity index (χ2n) is 10.0. The topological polar surface area (TPSA) is 124 Å². The third-order valence-corrected chi connectivity index (χ3v) is 7.51. The number of aliphatic hydroxyl groups excluding tert-OH is 1. The molecule has 1 aliphatic rings. The van der Waals surface area contributed by atoms with Crippen molar-refractivity contribution < 1.29 is 24.5 Å². The molecule has 202 valence electrons. The molecule has 5 rings (SSSR count). The molecular formula is C32H29N3O5. The normalized spacial score (nSPS) is 16.7. The van der Waals surface area contributed by atoms with Crippen molar-refractivity contribution in [1.82, 2.24) is 4.98 Å². The Hall–Kier alpha value is -4.74. The molecule has 1 fully saturated rings. The zero-order valence-corrected chi connectivity index (χ0v) is 22.1. The third-order valence-electron chi connectivity index (χ3n) is 7.51. The molecule has 0 saturated heterocycles. The highest BCUT2D eigenvalue weighted by molar-refractivity contribution is 6.04. The molecule has 3 aromatic carbocycles. The summed E-state index contributed by atoms with van der Waals surface area (Å²) in [4.78, 5) is 31.7. The number of amides is 1. The lowest BCUT2D eigenvalue weighted by molar-refractivity contribution is -0.124. The molecule has 0 spiro atoms. The van der Waals surface area contributed by atoms with Crippen LogP contribution >= 0.6 is 0 Å². The van der Waals surface area contributed by atoms with E-state index in [1.165, 1.54) is 13.2 Å². The van der Waals surface area contributed by atoms with Crippen LogP contribution in [0, 0.1) is 17.2 Å². The second-order valence-corrected chi connectivity index (χ2v) is 10.0. The van der Waals surface area contributed by atoms with E-state index in [0.717, 1.165) is 16.7 Å². The number of rotatable bonds is 7. The second kappa shape index (κ2) is 11.6. The van der Waals surface area contributed by atoms with Crippen molar-refractivity contribution in [3.8, 4) is 22.9 Å². The summed E-state index contributed by atoms with van der Waals surface area (Å²) in [6.07, 6.45) is 3.57. The van der Waals surface area contributed by atoms with Gasteiger partial charge in [-0.2, -0.15) is 5.26 Å². The molecule has 1 aliphatic carbocycles. The number of hydrogen-bond donors (Lipinski definition) is 2. The molecule has 0 unspecified atom stereocenters. The maximum absolute atomic E-state index is 13.9. The highest BCUT2D eigenvalue weighted by Crippen LogP contribution is 2.33. The monoisotopic (exact) mass is 535 g/mol. The number of carboxylic acid groups (broad SMARTS) is 1. The Kier molecular flexibility index (Phi) is 7.76. The van der Waals surface area contributed by atoms with E-state index >= 15 is 0 Å². The van der Waals surface area contributed by atoms with Crippen LogP contribution in [0.2, 0.25) is 0 Å². The minimum atomic E-state index is -1.02. The summed E-state index contributed by atoms with van der Waals surface area (Å²) in [5.41, 5.74) is 3.31. The smallest absolute Gasteiger partial charge is 0.335 e. The van der Waals surface area contributed by atoms with Crippen molar-refractivity contribution in [1.29, 1.82) is 5.26 Å². The molecular weight excluding hydrogens is 506 g/mol. The fraction of sp³-hybridized carbons (Fsp3) is 0.250. The molecule has 1 aromatic heterocycles. The Morgan fingerprint density at radius 3 is 2.40 bits per heavy atom. The zero-order valence-electron chi connectivity index (χ0n) is 22.1. The highest BCUT2D eigenvalue weighted by atomic mass is 16.5. The largest absolute Gasteiger partial charge is 0.495 e. The van der Waals surface area contributed by atoms with Gasteiger partial charge in [-0.3, -0.25) is 9.69 Å². The van der Waals surface area contributed by atoms with Gasteiger partial charge >= 0.3 is 5.97 Å². The number of aliphatic hydroxyl groups is 1. The first kappa shape index (κ1) is 26.9. The highest BCUT2D eigenvalue weighted by Gasteiger charge is 2.31. The summed E-state index contributed by atoms with van der Waals surface area (Å²) < 4.78 is 5.25. The number of aromatic nitrogens is 1. The Morgan fingerprint density at radius 2 is 1.73 bits per heavy atom. The Morgan fingerprint density at radius 1 is 1.00 bits per heavy atom. The number of ether oxygens (including phenoxy) is 1. The van der Waals surface area contributed by atoms with Crippen LogP contribution in [0.25, 0.3) is 21.9 Å². The zero-order chi connectivity index (χ0) is 28.2. The van der Waals surface area contributed by atoms with Crippen molar-refractivity contribution in [2.75, 3.05) is 12.0 Å². The Balaban J connectivity index is 1.49. The SMILES string of the molecule is COc1ccc(-c2ccc(CN(C(=O)C3CCC(O)CC3)c3nccc4cc(C(=O)O)ccc34)cc2)cc1C#N. The van der Waals surface area contributed by atoms with Gasteiger partial charge in [0.25, 0.3) is 0 Å². The van der Waals surface area contributed by atoms with Gasteiger partial charge in [0.2, 0.25) is 5.91 Å². The lowest BCUT2D eigenvalue weighted by Gasteiger charge is -2.31. The molecule has 2 N–H and O–H groups in total. The molecule has 4 aromatic rings. The van der Waals surface area contributed by atoms with Crippen molar-refractivity contribution >= 4 is 28.5 Å². The molecule has 1 amide bonds. The minimum absolute atomic E-state index is 0.0629. The van der Waals surface area contributed by atoms with Crippen LogP contribution in [0.3, 0.4) is 0 Å². The van der Waals surface area contributed by atoms with E-state index in [9.17, 15) is 25.1 Å². The molecule has 40 heavy (non-hydrogen) atoms. The number of nitrogens with zero attached hydrogens (tertiary/aromatic N) is 3. The number of nitriles is 1. The average molecular weight is 536 g/mol. The maximum atomic E-state index is 13.9. The number of carboxylic acids is 1. The molecule has 0 radical (unpaired) electrons. The Bertz CT molecular complexity index is 1600. The number of hydrogen-bond acceptors (Lipinski definition) is 6. The minimum Gasteiger partial charge on any atom is -0.495 e. The van der Waals surface area contributed by atoms with E-state index in [0.29, 0.717) is 53.6 Å². The van der Waals surface area contributed by atoms with Crippen molar-refractivity contribution in [3.05, 3.63) is 89.6 Å². The number of methoxy groups -OCH3 is 1. The predicted molar refractivity (Wildman–Crippen MR) is 151 cm³/mol. The van der Waals surface area contributed by atoms with Crippen LogP contribution in [0.4, 0.5) is 5.82 Å². The lowest BCUT2D eigenvalue weighted by Crippen LogP contribution is -2.38. The number of fused-ring (bicyclic) bond motifs is 1. The number of carbonyl (C=O) groups is 2.